The average Bonchev–Trinajstić information content (AvgIpc) is 3.17. The maximum atomic E-state index is 12.7. The van der Waals surface area contributed by atoms with Crippen LogP contribution in [0.4, 0.5) is 5.82 Å². The van der Waals surface area contributed by atoms with Crippen molar-refractivity contribution in [2.24, 2.45) is 0 Å². The standard InChI is InChI=1S/C23H25N3O3S/c1-23(2,3)20-14-21(26(25-20)16-7-5-4-6-8-16)24-22(27)15-30-17-9-10-18-19(13-17)29-12-11-28-18/h4-10,13-14H,11-12,15H2,1-3H3,(H,24,27). The Kier molecular flexibility index (Phi) is 5.72. The molecule has 156 valence electrons. The Labute approximate surface area is 180 Å². The highest BCUT2D eigenvalue weighted by Gasteiger charge is 2.21. The maximum absolute atomic E-state index is 12.7. The Morgan fingerprint density at radius 2 is 1.80 bits per heavy atom. The van der Waals surface area contributed by atoms with Gasteiger partial charge in [0.25, 0.3) is 0 Å². The van der Waals surface area contributed by atoms with Crippen molar-refractivity contribution in [3.63, 3.8) is 0 Å². The van der Waals surface area contributed by atoms with E-state index in [0.29, 0.717) is 19.0 Å². The summed E-state index contributed by atoms with van der Waals surface area (Å²) in [7, 11) is 0. The topological polar surface area (TPSA) is 65.4 Å². The molecule has 0 radical (unpaired) electrons. The second kappa shape index (κ2) is 8.44. The summed E-state index contributed by atoms with van der Waals surface area (Å²) >= 11 is 1.46. The predicted octanol–water partition coefficient (Wildman–Crippen LogP) is 4.67. The normalized spacial score (nSPS) is 13.2. The number of hydrogen-bond acceptors (Lipinski definition) is 5. The molecule has 1 aliphatic heterocycles. The largest absolute Gasteiger partial charge is 0.486 e. The highest BCUT2D eigenvalue weighted by molar-refractivity contribution is 8.00. The van der Waals surface area contributed by atoms with Crippen LogP contribution in [0.3, 0.4) is 0 Å². The number of nitrogens with one attached hydrogen (secondary N) is 1. The summed E-state index contributed by atoms with van der Waals surface area (Å²) in [5, 5.41) is 7.75. The summed E-state index contributed by atoms with van der Waals surface area (Å²) in [4.78, 5) is 13.6. The van der Waals surface area contributed by atoms with Crippen molar-refractivity contribution in [3.8, 4) is 17.2 Å². The third-order valence-corrected chi connectivity index (χ3v) is 5.62. The van der Waals surface area contributed by atoms with Gasteiger partial charge in [0.05, 0.1) is 17.1 Å². The van der Waals surface area contributed by atoms with E-state index in [1.165, 1.54) is 11.8 Å². The van der Waals surface area contributed by atoms with Crippen LogP contribution in [0, 0.1) is 0 Å². The molecule has 0 atom stereocenters. The van der Waals surface area contributed by atoms with Gasteiger partial charge in [0.15, 0.2) is 11.5 Å². The molecule has 30 heavy (non-hydrogen) atoms. The van der Waals surface area contributed by atoms with Crippen molar-refractivity contribution in [1.82, 2.24) is 9.78 Å². The molecule has 0 fully saturated rings. The molecule has 3 aromatic rings. The zero-order chi connectivity index (χ0) is 21.1. The number of thioether (sulfide) groups is 1. The number of nitrogens with zero attached hydrogens (tertiary/aromatic N) is 2. The Bertz CT molecular complexity index is 1040. The third kappa shape index (κ3) is 4.62. The van der Waals surface area contributed by atoms with Crippen LogP contribution in [0.2, 0.25) is 0 Å². The Balaban J connectivity index is 1.48. The molecule has 7 heteroatoms. The van der Waals surface area contributed by atoms with Crippen molar-refractivity contribution >= 4 is 23.5 Å². The second-order valence-electron chi connectivity index (χ2n) is 8.05. The molecule has 0 spiro atoms. The first-order valence-electron chi connectivity index (χ1n) is 9.88. The van der Waals surface area contributed by atoms with E-state index in [2.05, 4.69) is 26.1 Å². The summed E-state index contributed by atoms with van der Waals surface area (Å²) in [6, 6.07) is 17.5. The fourth-order valence-corrected chi connectivity index (χ4v) is 3.77. The number of fused-ring (bicyclic) bond motifs is 1. The van der Waals surface area contributed by atoms with Crippen LogP contribution in [-0.4, -0.2) is 34.7 Å². The quantitative estimate of drug-likeness (QED) is 0.604. The van der Waals surface area contributed by atoms with Gasteiger partial charge < -0.3 is 14.8 Å². The lowest BCUT2D eigenvalue weighted by Gasteiger charge is -2.18. The molecule has 0 saturated carbocycles. The fourth-order valence-electron chi connectivity index (χ4n) is 3.04. The van der Waals surface area contributed by atoms with E-state index < -0.39 is 0 Å². The predicted molar refractivity (Wildman–Crippen MR) is 119 cm³/mol. The highest BCUT2D eigenvalue weighted by Crippen LogP contribution is 2.34. The summed E-state index contributed by atoms with van der Waals surface area (Å²) in [5.74, 6) is 2.33. The van der Waals surface area contributed by atoms with Gasteiger partial charge in [-0.15, -0.1) is 11.8 Å². The number of aromatic nitrogens is 2. The van der Waals surface area contributed by atoms with E-state index in [4.69, 9.17) is 14.6 Å². The van der Waals surface area contributed by atoms with Gasteiger partial charge in [-0.25, -0.2) is 4.68 Å². The van der Waals surface area contributed by atoms with E-state index in [1.54, 1.807) is 4.68 Å². The van der Waals surface area contributed by atoms with E-state index in [1.807, 2.05) is 54.6 Å². The summed E-state index contributed by atoms with van der Waals surface area (Å²) in [5.41, 5.74) is 1.70. The van der Waals surface area contributed by atoms with Crippen LogP contribution in [0.25, 0.3) is 5.69 Å². The van der Waals surface area contributed by atoms with Gasteiger partial charge in [0, 0.05) is 16.4 Å². The van der Waals surface area contributed by atoms with E-state index >= 15 is 0 Å². The summed E-state index contributed by atoms with van der Waals surface area (Å²) in [6.45, 7) is 7.42. The lowest BCUT2D eigenvalue weighted by molar-refractivity contribution is -0.113. The zero-order valence-electron chi connectivity index (χ0n) is 17.3. The van der Waals surface area contributed by atoms with Gasteiger partial charge in [-0.05, 0) is 30.3 Å². The SMILES string of the molecule is CC(C)(C)c1cc(NC(=O)CSc2ccc3c(c2)OCCO3)n(-c2ccccc2)n1. The molecule has 2 aromatic carbocycles. The number of amides is 1. The molecular formula is C23H25N3O3S. The number of carbonyl (C=O) groups is 1. The summed E-state index contributed by atoms with van der Waals surface area (Å²) < 4.78 is 12.9. The van der Waals surface area contributed by atoms with E-state index in [-0.39, 0.29) is 17.1 Å². The second-order valence-corrected chi connectivity index (χ2v) is 9.10. The molecule has 0 saturated heterocycles. The van der Waals surface area contributed by atoms with Gasteiger partial charge in [-0.2, -0.15) is 5.10 Å². The molecule has 1 aliphatic rings. The third-order valence-electron chi connectivity index (χ3n) is 4.63. The van der Waals surface area contributed by atoms with Crippen LogP contribution in [-0.2, 0) is 10.2 Å². The van der Waals surface area contributed by atoms with Gasteiger partial charge in [-0.3, -0.25) is 4.79 Å². The minimum atomic E-state index is -0.126. The highest BCUT2D eigenvalue weighted by atomic mass is 32.2. The number of hydrogen-bond donors (Lipinski definition) is 1. The van der Waals surface area contributed by atoms with Crippen LogP contribution in [0.15, 0.2) is 59.5 Å². The molecular weight excluding hydrogens is 398 g/mol. The molecule has 1 amide bonds. The lowest BCUT2D eigenvalue weighted by atomic mass is 9.92. The fraction of sp³-hybridized carbons (Fsp3) is 0.304. The van der Waals surface area contributed by atoms with Crippen LogP contribution in [0.5, 0.6) is 11.5 Å². The van der Waals surface area contributed by atoms with Crippen molar-refractivity contribution < 1.29 is 14.3 Å². The van der Waals surface area contributed by atoms with Gasteiger partial charge >= 0.3 is 0 Å². The number of benzene rings is 2. The Morgan fingerprint density at radius 3 is 2.53 bits per heavy atom. The van der Waals surface area contributed by atoms with Gasteiger partial charge in [-0.1, -0.05) is 39.0 Å². The van der Waals surface area contributed by atoms with Crippen molar-refractivity contribution in [2.45, 2.75) is 31.1 Å². The minimum absolute atomic E-state index is 0.0903. The molecule has 4 rings (SSSR count). The first kappa shape index (κ1) is 20.3. The van der Waals surface area contributed by atoms with E-state index in [0.717, 1.165) is 27.8 Å². The first-order chi connectivity index (χ1) is 14.4. The van der Waals surface area contributed by atoms with E-state index in [9.17, 15) is 4.79 Å². The number of para-hydroxylation sites is 1. The minimum Gasteiger partial charge on any atom is -0.486 e. The molecule has 0 unspecified atom stereocenters. The molecule has 1 aromatic heterocycles. The smallest absolute Gasteiger partial charge is 0.235 e. The van der Waals surface area contributed by atoms with Crippen LogP contribution >= 0.6 is 11.8 Å². The van der Waals surface area contributed by atoms with Crippen LogP contribution in [0.1, 0.15) is 26.5 Å². The monoisotopic (exact) mass is 423 g/mol. The number of ether oxygens (including phenoxy) is 2. The number of carbonyl (C=O) groups excluding carboxylic acids is 1. The van der Waals surface area contributed by atoms with Crippen LogP contribution < -0.4 is 14.8 Å². The molecule has 1 N–H and O–H groups in total. The Morgan fingerprint density at radius 1 is 1.07 bits per heavy atom. The summed E-state index contributed by atoms with van der Waals surface area (Å²) in [6.07, 6.45) is 0. The van der Waals surface area contributed by atoms with Gasteiger partial charge in [0.2, 0.25) is 5.91 Å². The maximum Gasteiger partial charge on any atom is 0.235 e. The number of rotatable bonds is 5. The molecule has 0 bridgehead atoms. The Hall–Kier alpha value is -2.93. The van der Waals surface area contributed by atoms with Crippen molar-refractivity contribution in [1.29, 1.82) is 0 Å². The molecule has 0 aliphatic carbocycles. The molecule has 2 heterocycles. The number of anilines is 1. The van der Waals surface area contributed by atoms with Crippen molar-refractivity contribution in [2.75, 3.05) is 24.3 Å². The lowest BCUT2D eigenvalue weighted by Crippen LogP contribution is -2.17. The molecule has 6 nitrogen and oxygen atoms in total. The van der Waals surface area contributed by atoms with Gasteiger partial charge in [0.1, 0.15) is 19.0 Å². The zero-order valence-corrected chi connectivity index (χ0v) is 18.2. The average molecular weight is 424 g/mol. The van der Waals surface area contributed by atoms with Crippen molar-refractivity contribution in [3.05, 3.63) is 60.3 Å². The first-order valence-corrected chi connectivity index (χ1v) is 10.9.